The molecule has 0 aliphatic heterocycles. The van der Waals surface area contributed by atoms with Gasteiger partial charge in [-0.3, -0.25) is 4.79 Å². The monoisotopic (exact) mass is 482 g/mol. The van der Waals surface area contributed by atoms with Crippen molar-refractivity contribution < 1.29 is 9.90 Å². The number of phenolic OH excluding ortho intramolecular Hbond substituents is 1. The maximum Gasteiger partial charge on any atom is 0.249 e. The molecule has 1 heterocycles. The highest BCUT2D eigenvalue weighted by Gasteiger charge is 2.20. The smallest absolute Gasteiger partial charge is 0.249 e. The fraction of sp³-hybridized carbons (Fsp3) is 0.0606. The summed E-state index contributed by atoms with van der Waals surface area (Å²) in [5.74, 6) is -0.382. The number of hydrogen-bond donors (Lipinski definition) is 2. The van der Waals surface area contributed by atoms with Crippen LogP contribution < -0.4 is 5.73 Å². The third-order valence-electron chi connectivity index (χ3n) is 6.93. The van der Waals surface area contributed by atoms with Gasteiger partial charge < -0.3 is 15.4 Å². The van der Waals surface area contributed by atoms with E-state index in [0.717, 1.165) is 34.1 Å². The van der Waals surface area contributed by atoms with Crippen LogP contribution in [0.4, 0.5) is 0 Å². The summed E-state index contributed by atoms with van der Waals surface area (Å²) in [6.45, 7) is 0.586. The lowest BCUT2D eigenvalue weighted by molar-refractivity contribution is 0.100. The van der Waals surface area contributed by atoms with Gasteiger partial charge in [-0.05, 0) is 58.5 Å². The molecular weight excluding hydrogens is 456 g/mol. The molecule has 0 fully saturated rings. The van der Waals surface area contributed by atoms with Gasteiger partial charge in [-0.2, -0.15) is 0 Å². The molecule has 3 N–H and O–H groups in total. The lowest BCUT2D eigenvalue weighted by Gasteiger charge is -2.11. The summed E-state index contributed by atoms with van der Waals surface area (Å²) in [7, 11) is 0. The fourth-order valence-electron chi connectivity index (χ4n) is 5.26. The number of phenols is 1. The molecular formula is C33H26N2O2. The third-order valence-corrected chi connectivity index (χ3v) is 6.93. The number of carbonyl (C=O) groups excluding carboxylic acids is 1. The van der Waals surface area contributed by atoms with Crippen LogP contribution in [0.5, 0.6) is 5.75 Å². The predicted octanol–water partition coefficient (Wildman–Crippen LogP) is 6.91. The second-order valence-corrected chi connectivity index (χ2v) is 9.39. The van der Waals surface area contributed by atoms with Gasteiger partial charge in [-0.25, -0.2) is 0 Å². The number of aromatic nitrogens is 1. The molecule has 180 valence electrons. The van der Waals surface area contributed by atoms with E-state index < -0.39 is 5.91 Å². The molecule has 0 aliphatic carbocycles. The van der Waals surface area contributed by atoms with E-state index >= 15 is 0 Å². The van der Waals surface area contributed by atoms with E-state index in [1.54, 1.807) is 12.1 Å². The maximum atomic E-state index is 12.4. The van der Waals surface area contributed by atoms with Crippen LogP contribution in [0.2, 0.25) is 0 Å². The first kappa shape index (κ1) is 22.6. The lowest BCUT2D eigenvalue weighted by atomic mass is 10.0. The number of carbonyl (C=O) groups is 1. The second-order valence-electron chi connectivity index (χ2n) is 9.39. The van der Waals surface area contributed by atoms with E-state index in [9.17, 15) is 9.90 Å². The van der Waals surface area contributed by atoms with E-state index in [2.05, 4.69) is 59.2 Å². The van der Waals surface area contributed by atoms with E-state index in [0.29, 0.717) is 22.9 Å². The van der Waals surface area contributed by atoms with Crippen molar-refractivity contribution >= 4 is 27.7 Å². The fourth-order valence-corrected chi connectivity index (χ4v) is 5.26. The van der Waals surface area contributed by atoms with Crippen molar-refractivity contribution in [1.29, 1.82) is 0 Å². The molecule has 5 aromatic carbocycles. The van der Waals surface area contributed by atoms with Crippen LogP contribution in [0.1, 0.15) is 27.0 Å². The number of aromatic hydroxyl groups is 1. The van der Waals surface area contributed by atoms with E-state index in [1.807, 2.05) is 48.5 Å². The Kier molecular flexibility index (Phi) is 5.70. The molecule has 1 aromatic heterocycles. The summed E-state index contributed by atoms with van der Waals surface area (Å²) < 4.78 is 2.17. The molecule has 0 atom stereocenters. The third kappa shape index (κ3) is 4.23. The Balaban J connectivity index is 1.53. The summed E-state index contributed by atoms with van der Waals surface area (Å²) >= 11 is 0. The van der Waals surface area contributed by atoms with E-state index in [1.165, 1.54) is 11.1 Å². The molecule has 0 bridgehead atoms. The van der Waals surface area contributed by atoms with Gasteiger partial charge in [0.25, 0.3) is 0 Å². The van der Waals surface area contributed by atoms with Gasteiger partial charge in [0.2, 0.25) is 5.91 Å². The van der Waals surface area contributed by atoms with Crippen molar-refractivity contribution in [3.8, 4) is 16.9 Å². The van der Waals surface area contributed by atoms with Crippen molar-refractivity contribution in [2.24, 2.45) is 5.73 Å². The van der Waals surface area contributed by atoms with Crippen LogP contribution >= 0.6 is 0 Å². The Morgan fingerprint density at radius 1 is 0.649 bits per heavy atom. The highest BCUT2D eigenvalue weighted by atomic mass is 16.3. The second kappa shape index (κ2) is 9.32. The van der Waals surface area contributed by atoms with Gasteiger partial charge in [-0.1, -0.05) is 91.0 Å². The van der Waals surface area contributed by atoms with Crippen molar-refractivity contribution in [1.82, 2.24) is 4.57 Å². The first-order valence-electron chi connectivity index (χ1n) is 12.3. The Bertz CT molecular complexity index is 1750. The molecule has 1 amide bonds. The topological polar surface area (TPSA) is 68.2 Å². The first-order valence-corrected chi connectivity index (χ1v) is 12.3. The summed E-state index contributed by atoms with van der Waals surface area (Å²) in [5, 5.41) is 12.6. The summed E-state index contributed by atoms with van der Waals surface area (Å²) in [6, 6.07) is 38.4. The number of rotatable bonds is 6. The number of nitrogens with zero attached hydrogens (tertiary/aromatic N) is 1. The molecule has 0 unspecified atom stereocenters. The van der Waals surface area contributed by atoms with Crippen molar-refractivity contribution in [2.45, 2.75) is 13.0 Å². The number of primary amides is 1. The van der Waals surface area contributed by atoms with Crippen LogP contribution in [0, 0.1) is 0 Å². The van der Waals surface area contributed by atoms with Crippen molar-refractivity contribution in [3.63, 3.8) is 0 Å². The quantitative estimate of drug-likeness (QED) is 0.271. The number of hydrogen-bond acceptors (Lipinski definition) is 2. The standard InChI is InChI=1S/C33H26N2O2/c34-33(37)27-15-8-16-28-31(27)32-29(19-26(20-30(32)36)25-13-5-2-6-14-25)35(28)21-24-12-7-11-23(18-24)17-22-9-3-1-4-10-22/h1-16,18-20,36H,17,21H2,(H2,34,37). The Morgan fingerprint density at radius 3 is 2.08 bits per heavy atom. The molecule has 4 heteroatoms. The molecule has 0 aliphatic rings. The largest absolute Gasteiger partial charge is 0.507 e. The van der Waals surface area contributed by atoms with Crippen LogP contribution in [0.15, 0.2) is 115 Å². The van der Waals surface area contributed by atoms with E-state index in [-0.39, 0.29) is 5.75 Å². The average Bonchev–Trinajstić information content (AvgIpc) is 3.24. The summed E-state index contributed by atoms with van der Waals surface area (Å²) in [5.41, 5.74) is 13.4. The summed E-state index contributed by atoms with van der Waals surface area (Å²) in [6.07, 6.45) is 0.854. The first-order chi connectivity index (χ1) is 18.1. The minimum Gasteiger partial charge on any atom is -0.507 e. The molecule has 0 saturated heterocycles. The maximum absolute atomic E-state index is 12.4. The minimum atomic E-state index is -0.513. The zero-order chi connectivity index (χ0) is 25.4. The van der Waals surface area contributed by atoms with Gasteiger partial charge in [0, 0.05) is 17.5 Å². The van der Waals surface area contributed by atoms with Gasteiger partial charge >= 0.3 is 0 Å². The molecule has 4 nitrogen and oxygen atoms in total. The lowest BCUT2D eigenvalue weighted by Crippen LogP contribution is -2.11. The van der Waals surface area contributed by atoms with Gasteiger partial charge in [0.05, 0.1) is 16.4 Å². The molecule has 6 aromatic rings. The number of fused-ring (bicyclic) bond motifs is 3. The number of benzene rings is 5. The molecule has 0 spiro atoms. The zero-order valence-electron chi connectivity index (χ0n) is 20.3. The highest BCUT2D eigenvalue weighted by Crippen LogP contribution is 2.40. The van der Waals surface area contributed by atoms with Gasteiger partial charge in [0.15, 0.2) is 0 Å². The molecule has 37 heavy (non-hydrogen) atoms. The minimum absolute atomic E-state index is 0.131. The van der Waals surface area contributed by atoms with Crippen molar-refractivity contribution in [2.75, 3.05) is 0 Å². The van der Waals surface area contributed by atoms with Gasteiger partial charge in [-0.15, -0.1) is 0 Å². The Morgan fingerprint density at radius 2 is 1.32 bits per heavy atom. The summed E-state index contributed by atoms with van der Waals surface area (Å²) in [4.78, 5) is 12.4. The Labute approximate surface area is 215 Å². The molecule has 0 radical (unpaired) electrons. The van der Waals surface area contributed by atoms with Gasteiger partial charge in [0.1, 0.15) is 5.75 Å². The Hall–Kier alpha value is -4.83. The number of amides is 1. The molecule has 0 saturated carbocycles. The zero-order valence-corrected chi connectivity index (χ0v) is 20.3. The van der Waals surface area contributed by atoms with Crippen LogP contribution in [-0.2, 0) is 13.0 Å². The number of nitrogens with two attached hydrogens (primary N) is 1. The highest BCUT2D eigenvalue weighted by molar-refractivity contribution is 6.20. The average molecular weight is 483 g/mol. The van der Waals surface area contributed by atoms with Crippen LogP contribution in [0.25, 0.3) is 32.9 Å². The normalized spacial score (nSPS) is 11.2. The van der Waals surface area contributed by atoms with Crippen molar-refractivity contribution in [3.05, 3.63) is 138 Å². The molecule has 6 rings (SSSR count). The van der Waals surface area contributed by atoms with Crippen LogP contribution in [-0.4, -0.2) is 15.6 Å². The SMILES string of the molecule is NC(=O)c1cccc2c1c1c(O)cc(-c3ccccc3)cc1n2Cc1cccc(Cc2ccccc2)c1. The van der Waals surface area contributed by atoms with Crippen LogP contribution in [0.3, 0.4) is 0 Å². The van der Waals surface area contributed by atoms with E-state index in [4.69, 9.17) is 5.73 Å². The predicted molar refractivity (Wildman–Crippen MR) is 150 cm³/mol.